The number of nitrogens with zero attached hydrogens (tertiary/aromatic N) is 6. The Morgan fingerprint density at radius 2 is 2.00 bits per heavy atom. The van der Waals surface area contributed by atoms with E-state index in [0.29, 0.717) is 5.75 Å². The van der Waals surface area contributed by atoms with E-state index in [1.165, 1.54) is 11.8 Å². The number of thioether (sulfide) groups is 1. The van der Waals surface area contributed by atoms with Crippen LogP contribution >= 0.6 is 11.8 Å². The Bertz CT molecular complexity index is 666. The predicted molar refractivity (Wildman–Crippen MR) is 89.0 cm³/mol. The molecular weight excluding hydrogens is 312 g/mol. The monoisotopic (exact) mass is 332 g/mol. The van der Waals surface area contributed by atoms with Gasteiger partial charge in [-0.3, -0.25) is 9.78 Å². The highest BCUT2D eigenvalue weighted by atomic mass is 32.2. The van der Waals surface area contributed by atoms with Crippen molar-refractivity contribution in [2.75, 3.05) is 39.0 Å². The summed E-state index contributed by atoms with van der Waals surface area (Å²) in [4.78, 5) is 20.5. The highest BCUT2D eigenvalue weighted by Gasteiger charge is 2.20. The van der Waals surface area contributed by atoms with Crippen molar-refractivity contribution in [2.24, 2.45) is 7.05 Å². The van der Waals surface area contributed by atoms with Crippen molar-refractivity contribution >= 4 is 17.7 Å². The lowest BCUT2D eigenvalue weighted by molar-refractivity contribution is -0.129. The van der Waals surface area contributed by atoms with Crippen molar-refractivity contribution in [3.8, 4) is 11.4 Å². The van der Waals surface area contributed by atoms with E-state index in [2.05, 4.69) is 27.1 Å². The fraction of sp³-hybridized carbons (Fsp3) is 0.467. The molecule has 1 amide bonds. The first-order valence-corrected chi connectivity index (χ1v) is 8.52. The maximum atomic E-state index is 12.3. The van der Waals surface area contributed by atoms with Gasteiger partial charge in [0, 0.05) is 51.2 Å². The van der Waals surface area contributed by atoms with Crippen molar-refractivity contribution in [3.63, 3.8) is 0 Å². The van der Waals surface area contributed by atoms with Crippen LogP contribution in [0.15, 0.2) is 29.7 Å². The van der Waals surface area contributed by atoms with Gasteiger partial charge in [0.25, 0.3) is 0 Å². The first kappa shape index (κ1) is 15.9. The molecule has 3 heterocycles. The lowest BCUT2D eigenvalue weighted by atomic mass is 10.3. The van der Waals surface area contributed by atoms with Crippen molar-refractivity contribution in [1.82, 2.24) is 29.5 Å². The van der Waals surface area contributed by atoms with E-state index in [1.54, 1.807) is 12.4 Å². The summed E-state index contributed by atoms with van der Waals surface area (Å²) in [5.41, 5.74) is 0.916. The average molecular weight is 332 g/mol. The first-order valence-electron chi connectivity index (χ1n) is 7.54. The second kappa shape index (κ2) is 7.10. The van der Waals surface area contributed by atoms with Crippen LogP contribution in [0.25, 0.3) is 11.4 Å². The van der Waals surface area contributed by atoms with Crippen molar-refractivity contribution in [3.05, 3.63) is 24.5 Å². The van der Waals surface area contributed by atoms with Crippen LogP contribution in [0, 0.1) is 0 Å². The molecule has 1 fully saturated rings. The van der Waals surface area contributed by atoms with E-state index in [1.807, 2.05) is 28.6 Å². The van der Waals surface area contributed by atoms with E-state index in [0.717, 1.165) is 42.7 Å². The fourth-order valence-electron chi connectivity index (χ4n) is 2.46. The van der Waals surface area contributed by atoms with Gasteiger partial charge in [-0.1, -0.05) is 11.8 Å². The minimum absolute atomic E-state index is 0.161. The molecule has 7 nitrogen and oxygen atoms in total. The number of hydrogen-bond acceptors (Lipinski definition) is 6. The molecular formula is C15H20N6OS. The number of rotatable bonds is 4. The highest BCUT2D eigenvalue weighted by molar-refractivity contribution is 7.99. The second-order valence-corrected chi connectivity index (χ2v) is 6.52. The normalized spacial score (nSPS) is 15.8. The summed E-state index contributed by atoms with van der Waals surface area (Å²) in [5, 5.41) is 9.14. The van der Waals surface area contributed by atoms with E-state index in [9.17, 15) is 4.79 Å². The molecule has 0 bridgehead atoms. The molecule has 2 aromatic heterocycles. The maximum absolute atomic E-state index is 12.3. The van der Waals surface area contributed by atoms with E-state index in [-0.39, 0.29) is 5.91 Å². The molecule has 2 aromatic rings. The minimum atomic E-state index is 0.161. The van der Waals surface area contributed by atoms with Gasteiger partial charge in [-0.05, 0) is 19.2 Å². The van der Waals surface area contributed by atoms with Gasteiger partial charge in [-0.25, -0.2) is 0 Å². The summed E-state index contributed by atoms with van der Waals surface area (Å²) in [6.45, 7) is 3.47. The molecule has 0 aromatic carbocycles. The minimum Gasteiger partial charge on any atom is -0.339 e. The zero-order valence-electron chi connectivity index (χ0n) is 13.3. The van der Waals surface area contributed by atoms with Gasteiger partial charge in [0.15, 0.2) is 11.0 Å². The number of likely N-dealkylation sites (N-methyl/N-ethyl adjacent to an activating group) is 1. The molecule has 0 unspecified atom stereocenters. The molecule has 8 heteroatoms. The van der Waals surface area contributed by atoms with E-state index in [4.69, 9.17) is 0 Å². The summed E-state index contributed by atoms with van der Waals surface area (Å²) in [5.74, 6) is 1.31. The van der Waals surface area contributed by atoms with Crippen LogP contribution < -0.4 is 0 Å². The lowest BCUT2D eigenvalue weighted by Gasteiger charge is -2.32. The van der Waals surface area contributed by atoms with Crippen LogP contribution in [0.1, 0.15) is 0 Å². The van der Waals surface area contributed by atoms with Gasteiger partial charge in [0.1, 0.15) is 0 Å². The molecule has 0 saturated carbocycles. The molecule has 0 atom stereocenters. The number of carbonyl (C=O) groups excluding carboxylic acids is 1. The fourth-order valence-corrected chi connectivity index (χ4v) is 3.27. The summed E-state index contributed by atoms with van der Waals surface area (Å²) >= 11 is 1.43. The van der Waals surface area contributed by atoms with Gasteiger partial charge in [0.05, 0.1) is 5.75 Å². The highest BCUT2D eigenvalue weighted by Crippen LogP contribution is 2.22. The third-order valence-corrected chi connectivity index (χ3v) is 4.94. The standard InChI is InChI=1S/C15H20N6OS/c1-19-6-8-21(9-7-19)13(22)11-23-15-18-17-14(20(15)2)12-4-3-5-16-10-12/h3-5,10H,6-9,11H2,1-2H3. The molecule has 1 saturated heterocycles. The Balaban J connectivity index is 1.61. The average Bonchev–Trinajstić information content (AvgIpc) is 2.95. The number of amides is 1. The Morgan fingerprint density at radius 1 is 1.22 bits per heavy atom. The van der Waals surface area contributed by atoms with Gasteiger partial charge in [-0.2, -0.15) is 0 Å². The first-order chi connectivity index (χ1) is 11.1. The Morgan fingerprint density at radius 3 is 2.70 bits per heavy atom. The SMILES string of the molecule is CN1CCN(C(=O)CSc2nnc(-c3cccnc3)n2C)CC1. The molecule has 0 aliphatic carbocycles. The van der Waals surface area contributed by atoms with Crippen molar-refractivity contribution in [1.29, 1.82) is 0 Å². The third-order valence-electron chi connectivity index (χ3n) is 3.94. The molecule has 23 heavy (non-hydrogen) atoms. The summed E-state index contributed by atoms with van der Waals surface area (Å²) in [6, 6.07) is 3.81. The second-order valence-electron chi connectivity index (χ2n) is 5.58. The zero-order valence-corrected chi connectivity index (χ0v) is 14.2. The van der Waals surface area contributed by atoms with Crippen LogP contribution in [-0.4, -0.2) is 74.4 Å². The van der Waals surface area contributed by atoms with Crippen molar-refractivity contribution < 1.29 is 4.79 Å². The summed E-state index contributed by atoms with van der Waals surface area (Å²) in [7, 11) is 3.99. The smallest absolute Gasteiger partial charge is 0.233 e. The molecule has 1 aliphatic heterocycles. The van der Waals surface area contributed by atoms with Crippen LogP contribution in [-0.2, 0) is 11.8 Å². The molecule has 1 aliphatic rings. The maximum Gasteiger partial charge on any atom is 0.233 e. The number of piperazine rings is 1. The largest absolute Gasteiger partial charge is 0.339 e. The molecule has 0 N–H and O–H groups in total. The van der Waals surface area contributed by atoms with E-state index >= 15 is 0 Å². The van der Waals surface area contributed by atoms with Gasteiger partial charge >= 0.3 is 0 Å². The quantitative estimate of drug-likeness (QED) is 0.770. The number of pyridine rings is 1. The third kappa shape index (κ3) is 3.70. The topological polar surface area (TPSA) is 67.2 Å². The number of hydrogen-bond donors (Lipinski definition) is 0. The summed E-state index contributed by atoms with van der Waals surface area (Å²) < 4.78 is 1.90. The molecule has 122 valence electrons. The van der Waals surface area contributed by atoms with Crippen LogP contribution in [0.4, 0.5) is 0 Å². The zero-order chi connectivity index (χ0) is 16.2. The Kier molecular flexibility index (Phi) is 4.92. The Hall–Kier alpha value is -1.93. The van der Waals surface area contributed by atoms with Crippen molar-refractivity contribution in [2.45, 2.75) is 5.16 Å². The van der Waals surface area contributed by atoms with E-state index < -0.39 is 0 Å². The Labute approximate surface area is 139 Å². The number of aromatic nitrogens is 4. The van der Waals surface area contributed by atoms with Crippen LogP contribution in [0.2, 0.25) is 0 Å². The molecule has 0 spiro atoms. The molecule has 3 rings (SSSR count). The summed E-state index contributed by atoms with van der Waals surface area (Å²) in [6.07, 6.45) is 3.48. The van der Waals surface area contributed by atoms with Gasteiger partial charge in [-0.15, -0.1) is 10.2 Å². The van der Waals surface area contributed by atoms with Gasteiger partial charge in [0.2, 0.25) is 5.91 Å². The van der Waals surface area contributed by atoms with Gasteiger partial charge < -0.3 is 14.4 Å². The van der Waals surface area contributed by atoms with Crippen LogP contribution in [0.3, 0.4) is 0 Å². The molecule has 0 radical (unpaired) electrons. The predicted octanol–water partition coefficient (Wildman–Crippen LogP) is 0.743. The lowest BCUT2D eigenvalue weighted by Crippen LogP contribution is -2.47. The number of carbonyl (C=O) groups is 1. The van der Waals surface area contributed by atoms with Crippen LogP contribution in [0.5, 0.6) is 0 Å².